The van der Waals surface area contributed by atoms with Crippen LogP contribution in [0.5, 0.6) is 0 Å². The fraction of sp³-hybridized carbons (Fsp3) is 0.474. The van der Waals surface area contributed by atoms with Crippen molar-refractivity contribution in [3.63, 3.8) is 0 Å². The number of carboxylic acids is 4. The number of nitrogens with one attached hydrogen (secondary N) is 4. The van der Waals surface area contributed by atoms with Gasteiger partial charge in [-0.15, -0.1) is 0 Å². The molecule has 0 fully saturated rings. The van der Waals surface area contributed by atoms with E-state index in [4.69, 9.17) is 21.1 Å². The molecule has 36 heavy (non-hydrogen) atoms. The molecule has 0 spiro atoms. The number of rotatable bonds is 16. The van der Waals surface area contributed by atoms with Crippen LogP contribution in [0.2, 0.25) is 0 Å². The number of aromatic nitrogens is 2. The molecule has 0 saturated heterocycles. The molecule has 0 aliphatic rings. The molecule has 0 saturated carbocycles. The van der Waals surface area contributed by atoms with Gasteiger partial charge in [0.15, 0.2) is 0 Å². The quantitative estimate of drug-likeness (QED) is 0.104. The van der Waals surface area contributed by atoms with Crippen molar-refractivity contribution in [3.8, 4) is 0 Å². The zero-order valence-electron chi connectivity index (χ0n) is 18.7. The minimum Gasteiger partial charge on any atom is -0.481 e. The van der Waals surface area contributed by atoms with E-state index >= 15 is 0 Å². The van der Waals surface area contributed by atoms with Gasteiger partial charge in [-0.05, 0) is 6.42 Å². The van der Waals surface area contributed by atoms with Crippen molar-refractivity contribution < 1.29 is 54.0 Å². The van der Waals surface area contributed by atoms with Crippen LogP contribution in [-0.4, -0.2) is 96.2 Å². The van der Waals surface area contributed by atoms with E-state index in [2.05, 4.69) is 20.6 Å². The molecule has 17 nitrogen and oxygen atoms in total. The molecule has 1 rings (SSSR count). The highest BCUT2D eigenvalue weighted by molar-refractivity contribution is 5.95. The normalized spacial score (nSPS) is 13.9. The topological polar surface area (TPSA) is 291 Å². The van der Waals surface area contributed by atoms with Gasteiger partial charge in [0.25, 0.3) is 0 Å². The Morgan fingerprint density at radius 3 is 1.86 bits per heavy atom. The number of H-pyrrole nitrogens is 1. The predicted molar refractivity (Wildman–Crippen MR) is 115 cm³/mol. The van der Waals surface area contributed by atoms with E-state index in [1.807, 2.05) is 5.32 Å². The number of carboxylic acid groups (broad SMARTS) is 4. The van der Waals surface area contributed by atoms with Gasteiger partial charge in [0, 0.05) is 24.7 Å². The highest BCUT2D eigenvalue weighted by atomic mass is 16.4. The molecular formula is C19H26N6O11. The Labute approximate surface area is 202 Å². The van der Waals surface area contributed by atoms with E-state index in [1.165, 1.54) is 12.5 Å². The first-order chi connectivity index (χ1) is 16.8. The summed E-state index contributed by atoms with van der Waals surface area (Å²) in [7, 11) is 0. The molecule has 4 atom stereocenters. The third-order valence-electron chi connectivity index (χ3n) is 4.62. The third-order valence-corrected chi connectivity index (χ3v) is 4.62. The molecule has 0 bridgehead atoms. The minimum absolute atomic E-state index is 0.269. The summed E-state index contributed by atoms with van der Waals surface area (Å²) in [6.45, 7) is 0. The Bertz CT molecular complexity index is 981. The van der Waals surface area contributed by atoms with Crippen molar-refractivity contribution in [1.82, 2.24) is 25.9 Å². The van der Waals surface area contributed by atoms with E-state index < -0.39 is 91.4 Å². The zero-order chi connectivity index (χ0) is 27.4. The maximum Gasteiger partial charge on any atom is 0.326 e. The largest absolute Gasteiger partial charge is 0.481 e. The second kappa shape index (κ2) is 14.0. The molecule has 198 valence electrons. The SMILES string of the molecule is N[C@@H](CC(=O)O)C(=O)N[C@@H](CCC(=O)O)C(=O)N[C@@H](Cc1cnc[nH]1)C(=O)N[C@@H](CC(=O)O)C(=O)O. The first-order valence-corrected chi connectivity index (χ1v) is 10.3. The number of aliphatic carboxylic acids is 4. The molecule has 0 unspecified atom stereocenters. The Balaban J connectivity index is 3.10. The summed E-state index contributed by atoms with van der Waals surface area (Å²) in [4.78, 5) is 88.2. The molecule has 3 amide bonds. The van der Waals surface area contributed by atoms with Crippen molar-refractivity contribution in [3.05, 3.63) is 18.2 Å². The Hall–Kier alpha value is -4.54. The lowest BCUT2D eigenvalue weighted by atomic mass is 10.1. The number of nitrogens with zero attached hydrogens (tertiary/aromatic N) is 1. The average molecular weight is 514 g/mol. The number of amides is 3. The maximum absolute atomic E-state index is 12.9. The molecule has 0 aromatic carbocycles. The van der Waals surface area contributed by atoms with E-state index in [9.17, 15) is 38.7 Å². The van der Waals surface area contributed by atoms with Gasteiger partial charge in [-0.2, -0.15) is 0 Å². The highest BCUT2D eigenvalue weighted by Gasteiger charge is 2.32. The molecule has 0 radical (unpaired) electrons. The van der Waals surface area contributed by atoms with Gasteiger partial charge in [-0.3, -0.25) is 28.8 Å². The van der Waals surface area contributed by atoms with Crippen LogP contribution in [0.1, 0.15) is 31.4 Å². The van der Waals surface area contributed by atoms with Crippen LogP contribution in [0.15, 0.2) is 12.5 Å². The minimum atomic E-state index is -1.83. The molecule has 0 aliphatic carbocycles. The Morgan fingerprint density at radius 2 is 1.36 bits per heavy atom. The molecule has 0 aliphatic heterocycles. The third kappa shape index (κ3) is 10.6. The lowest BCUT2D eigenvalue weighted by molar-refractivity contribution is -0.147. The maximum atomic E-state index is 12.9. The number of aromatic amines is 1. The molecule has 10 N–H and O–H groups in total. The Morgan fingerprint density at radius 1 is 0.806 bits per heavy atom. The van der Waals surface area contributed by atoms with Crippen LogP contribution in [0, 0.1) is 0 Å². The average Bonchev–Trinajstić information content (AvgIpc) is 3.27. The first-order valence-electron chi connectivity index (χ1n) is 10.3. The fourth-order valence-corrected chi connectivity index (χ4v) is 2.84. The van der Waals surface area contributed by atoms with Crippen molar-refractivity contribution in [2.24, 2.45) is 5.73 Å². The van der Waals surface area contributed by atoms with Crippen LogP contribution < -0.4 is 21.7 Å². The highest BCUT2D eigenvalue weighted by Crippen LogP contribution is 2.05. The van der Waals surface area contributed by atoms with Crippen LogP contribution in [-0.2, 0) is 40.0 Å². The Kier molecular flexibility index (Phi) is 11.5. The van der Waals surface area contributed by atoms with Gasteiger partial charge >= 0.3 is 23.9 Å². The number of hydrogen-bond donors (Lipinski definition) is 9. The van der Waals surface area contributed by atoms with Crippen LogP contribution in [0.25, 0.3) is 0 Å². The van der Waals surface area contributed by atoms with E-state index in [0.717, 1.165) is 0 Å². The van der Waals surface area contributed by atoms with Crippen molar-refractivity contribution in [2.45, 2.75) is 56.3 Å². The summed E-state index contributed by atoms with van der Waals surface area (Å²) >= 11 is 0. The first kappa shape index (κ1) is 29.5. The zero-order valence-corrected chi connectivity index (χ0v) is 18.7. The van der Waals surface area contributed by atoms with Gasteiger partial charge < -0.3 is 47.1 Å². The second-order valence-corrected chi connectivity index (χ2v) is 7.54. The molecule has 1 aromatic heterocycles. The number of hydrogen-bond acceptors (Lipinski definition) is 9. The summed E-state index contributed by atoms with van der Waals surface area (Å²) < 4.78 is 0. The lowest BCUT2D eigenvalue weighted by Gasteiger charge is -2.24. The molecule has 1 aromatic rings. The van der Waals surface area contributed by atoms with Gasteiger partial charge in [0.05, 0.1) is 25.2 Å². The second-order valence-electron chi connectivity index (χ2n) is 7.54. The fourth-order valence-electron chi connectivity index (χ4n) is 2.84. The van der Waals surface area contributed by atoms with Crippen LogP contribution in [0.4, 0.5) is 0 Å². The van der Waals surface area contributed by atoms with E-state index in [-0.39, 0.29) is 6.42 Å². The van der Waals surface area contributed by atoms with Crippen LogP contribution in [0.3, 0.4) is 0 Å². The number of imidazole rings is 1. The van der Waals surface area contributed by atoms with Gasteiger partial charge in [-0.25, -0.2) is 9.78 Å². The number of nitrogens with two attached hydrogens (primary N) is 1. The summed E-state index contributed by atoms with van der Waals surface area (Å²) in [5, 5.41) is 42.2. The molecular weight excluding hydrogens is 488 g/mol. The predicted octanol–water partition coefficient (Wildman–Crippen LogP) is -3.37. The van der Waals surface area contributed by atoms with Gasteiger partial charge in [0.2, 0.25) is 17.7 Å². The van der Waals surface area contributed by atoms with Crippen LogP contribution >= 0.6 is 0 Å². The van der Waals surface area contributed by atoms with E-state index in [0.29, 0.717) is 5.69 Å². The summed E-state index contributed by atoms with van der Waals surface area (Å²) in [5.41, 5.74) is 5.78. The number of carbonyl (C=O) groups is 7. The molecule has 1 heterocycles. The van der Waals surface area contributed by atoms with E-state index in [1.54, 1.807) is 0 Å². The monoisotopic (exact) mass is 514 g/mol. The van der Waals surface area contributed by atoms with Crippen molar-refractivity contribution in [1.29, 1.82) is 0 Å². The van der Waals surface area contributed by atoms with Gasteiger partial charge in [-0.1, -0.05) is 0 Å². The smallest absolute Gasteiger partial charge is 0.326 e. The summed E-state index contributed by atoms with van der Waals surface area (Å²) in [6.07, 6.45) is -0.488. The summed E-state index contributed by atoms with van der Waals surface area (Å²) in [5.74, 6) is -9.07. The van der Waals surface area contributed by atoms with Crippen molar-refractivity contribution >= 4 is 41.6 Å². The molecule has 17 heteroatoms. The number of carbonyl (C=O) groups excluding carboxylic acids is 3. The van der Waals surface area contributed by atoms with Crippen molar-refractivity contribution in [2.75, 3.05) is 0 Å². The standard InChI is InChI=1S/C19H26N6O11/c20-9(4-14(28)29)16(32)23-10(1-2-13(26)27)17(33)24-11(3-8-6-21-7-22-8)18(34)25-12(19(35)36)5-15(30)31/h6-7,9-12H,1-5,20H2,(H,21,22)(H,23,32)(H,24,33)(H,25,34)(H,26,27)(H,28,29)(H,30,31)(H,35,36)/t9-,10-,11-,12-/m0/s1. The summed E-state index contributed by atoms with van der Waals surface area (Å²) in [6, 6.07) is -6.45. The lowest BCUT2D eigenvalue weighted by Crippen LogP contribution is -2.58. The van der Waals surface area contributed by atoms with Gasteiger partial charge in [0.1, 0.15) is 18.1 Å².